The second kappa shape index (κ2) is 5.11. The maximum absolute atomic E-state index is 12.2. The van der Waals surface area contributed by atoms with Gasteiger partial charge in [0.25, 0.3) is 0 Å². The first-order valence-electron chi connectivity index (χ1n) is 4.61. The minimum atomic E-state index is -4.52. The molecule has 1 aromatic rings. The molecule has 9 heteroatoms. The van der Waals surface area contributed by atoms with E-state index < -0.39 is 35.0 Å². The maximum atomic E-state index is 12.2. The molecule has 0 radical (unpaired) electrons. The van der Waals surface area contributed by atoms with E-state index in [-0.39, 0.29) is 10.0 Å². The molecule has 1 aromatic carbocycles. The molecular formula is C9H8BrF3N2O3. The number of rotatable bonds is 3. The highest BCUT2D eigenvalue weighted by molar-refractivity contribution is 9.10. The van der Waals surface area contributed by atoms with E-state index in [1.165, 1.54) is 0 Å². The predicted octanol–water partition coefficient (Wildman–Crippen LogP) is 3.02. The summed E-state index contributed by atoms with van der Waals surface area (Å²) < 4.78 is 36.7. The van der Waals surface area contributed by atoms with E-state index in [0.717, 1.165) is 12.1 Å². The lowest BCUT2D eigenvalue weighted by Gasteiger charge is -2.15. The van der Waals surface area contributed by atoms with Crippen LogP contribution in [0, 0.1) is 10.1 Å². The van der Waals surface area contributed by atoms with Crippen LogP contribution in [-0.4, -0.2) is 16.2 Å². The van der Waals surface area contributed by atoms with Gasteiger partial charge >= 0.3 is 11.9 Å². The average Bonchev–Trinajstić information content (AvgIpc) is 2.17. The number of nitrogens with zero attached hydrogens (tertiary/aromatic N) is 1. The number of nitro groups is 1. The quantitative estimate of drug-likeness (QED) is 0.659. The van der Waals surface area contributed by atoms with Gasteiger partial charge < -0.3 is 10.8 Å². The third-order valence-corrected chi connectivity index (χ3v) is 2.59. The van der Waals surface area contributed by atoms with Crippen LogP contribution in [0.15, 0.2) is 16.6 Å². The van der Waals surface area contributed by atoms with Crippen molar-refractivity contribution in [3.63, 3.8) is 0 Å². The minimum absolute atomic E-state index is 0.166. The number of hydrogen-bond donors (Lipinski definition) is 2. The third-order valence-electron chi connectivity index (χ3n) is 2.13. The van der Waals surface area contributed by atoms with Crippen LogP contribution >= 0.6 is 15.9 Å². The Kier molecular flexibility index (Phi) is 4.17. The first-order valence-corrected chi connectivity index (χ1v) is 5.40. The number of nitro benzene ring substituents is 1. The van der Waals surface area contributed by atoms with E-state index in [9.17, 15) is 28.4 Å². The fraction of sp³-hybridized carbons (Fsp3) is 0.333. The summed E-state index contributed by atoms with van der Waals surface area (Å²) in [5, 5.41) is 20.1. The highest BCUT2D eigenvalue weighted by Crippen LogP contribution is 2.39. The fourth-order valence-corrected chi connectivity index (χ4v) is 1.85. The first kappa shape index (κ1) is 14.7. The molecule has 0 amide bonds. The second-order valence-corrected chi connectivity index (χ2v) is 4.46. The van der Waals surface area contributed by atoms with Crippen LogP contribution in [0.25, 0.3) is 0 Å². The van der Waals surface area contributed by atoms with Gasteiger partial charge in [-0.3, -0.25) is 10.1 Å². The Morgan fingerprint density at radius 1 is 1.50 bits per heavy atom. The summed E-state index contributed by atoms with van der Waals surface area (Å²) in [5.41, 5.74) is 4.27. The Bertz CT molecular complexity index is 479. The largest absolute Gasteiger partial charge is 0.502 e. The highest BCUT2D eigenvalue weighted by Gasteiger charge is 2.33. The Morgan fingerprint density at radius 3 is 2.50 bits per heavy atom. The summed E-state index contributed by atoms with van der Waals surface area (Å²) in [4.78, 5) is 9.70. The van der Waals surface area contributed by atoms with Gasteiger partial charge in [-0.2, -0.15) is 13.2 Å². The van der Waals surface area contributed by atoms with E-state index in [2.05, 4.69) is 15.9 Å². The van der Waals surface area contributed by atoms with Gasteiger partial charge in [-0.05, 0) is 6.07 Å². The number of nitrogens with two attached hydrogens (primary N) is 1. The van der Waals surface area contributed by atoms with Crippen LogP contribution < -0.4 is 5.73 Å². The average molecular weight is 329 g/mol. The van der Waals surface area contributed by atoms with Gasteiger partial charge in [0.2, 0.25) is 0 Å². The molecule has 3 N–H and O–H groups in total. The summed E-state index contributed by atoms with van der Waals surface area (Å²) in [6, 6.07) is 0.541. The third kappa shape index (κ3) is 3.57. The highest BCUT2D eigenvalue weighted by atomic mass is 79.9. The van der Waals surface area contributed by atoms with Crippen LogP contribution in [0.5, 0.6) is 5.75 Å². The molecule has 100 valence electrons. The van der Waals surface area contributed by atoms with E-state index in [1.807, 2.05) is 0 Å². The SMILES string of the molecule is N[C@H](CC(F)(F)F)c1cc(Br)cc([N+](=O)[O-])c1O. The van der Waals surface area contributed by atoms with Crippen LogP contribution in [0.3, 0.4) is 0 Å². The van der Waals surface area contributed by atoms with Gasteiger partial charge in [0.05, 0.1) is 11.3 Å². The Balaban J connectivity index is 3.20. The standard InChI is InChI=1S/C9H8BrF3N2O3/c10-4-1-5(6(14)3-9(11,12)13)8(16)7(2-4)15(17)18/h1-2,6,16H,3,14H2/t6-/m1/s1. The Hall–Kier alpha value is -1.35. The first-order chi connectivity index (χ1) is 8.11. The zero-order valence-corrected chi connectivity index (χ0v) is 10.3. The van der Waals surface area contributed by atoms with Gasteiger partial charge in [-0.15, -0.1) is 0 Å². The number of halogens is 4. The van der Waals surface area contributed by atoms with Crippen molar-refractivity contribution in [2.24, 2.45) is 5.73 Å². The Morgan fingerprint density at radius 2 is 2.06 bits per heavy atom. The van der Waals surface area contributed by atoms with E-state index >= 15 is 0 Å². The maximum Gasteiger partial charge on any atom is 0.390 e. The van der Waals surface area contributed by atoms with Crippen molar-refractivity contribution in [2.75, 3.05) is 0 Å². The van der Waals surface area contributed by atoms with Gasteiger partial charge in [-0.25, -0.2) is 0 Å². The van der Waals surface area contributed by atoms with E-state index in [0.29, 0.717) is 0 Å². The van der Waals surface area contributed by atoms with Gasteiger partial charge in [0.15, 0.2) is 5.75 Å². The molecule has 18 heavy (non-hydrogen) atoms. The van der Waals surface area contributed by atoms with Gasteiger partial charge in [0.1, 0.15) is 0 Å². The molecule has 0 aliphatic carbocycles. The fourth-order valence-electron chi connectivity index (χ4n) is 1.39. The zero-order valence-electron chi connectivity index (χ0n) is 8.74. The van der Waals surface area contributed by atoms with Crippen molar-refractivity contribution in [1.82, 2.24) is 0 Å². The molecule has 0 aliphatic rings. The molecule has 1 rings (SSSR count). The van der Waals surface area contributed by atoms with Crippen molar-refractivity contribution in [3.8, 4) is 5.75 Å². The molecule has 0 aromatic heterocycles. The summed E-state index contributed by atoms with van der Waals surface area (Å²) in [5.74, 6) is -0.847. The lowest BCUT2D eigenvalue weighted by molar-refractivity contribution is -0.386. The zero-order chi connectivity index (χ0) is 14.1. The smallest absolute Gasteiger partial charge is 0.390 e. The van der Waals surface area contributed by atoms with E-state index in [4.69, 9.17) is 5.73 Å². The number of hydrogen-bond acceptors (Lipinski definition) is 4. The molecule has 0 saturated heterocycles. The molecule has 0 aliphatic heterocycles. The summed E-state index contributed by atoms with van der Waals surface area (Å²) >= 11 is 2.91. The lowest BCUT2D eigenvalue weighted by atomic mass is 10.0. The predicted molar refractivity (Wildman–Crippen MR) is 60.1 cm³/mol. The lowest BCUT2D eigenvalue weighted by Crippen LogP contribution is -2.20. The van der Waals surface area contributed by atoms with Gasteiger partial charge in [0, 0.05) is 22.1 Å². The van der Waals surface area contributed by atoms with Crippen LogP contribution in [0.4, 0.5) is 18.9 Å². The topological polar surface area (TPSA) is 89.4 Å². The van der Waals surface area contributed by atoms with Crippen molar-refractivity contribution < 1.29 is 23.2 Å². The van der Waals surface area contributed by atoms with Crippen LogP contribution in [-0.2, 0) is 0 Å². The summed E-state index contributed by atoms with van der Waals surface area (Å²) in [7, 11) is 0. The van der Waals surface area contributed by atoms with Crippen molar-refractivity contribution >= 4 is 21.6 Å². The Labute approximate surface area is 108 Å². The normalized spacial score (nSPS) is 13.4. The van der Waals surface area contributed by atoms with Gasteiger partial charge in [-0.1, -0.05) is 15.9 Å². The number of phenols is 1. The molecule has 0 spiro atoms. The number of benzene rings is 1. The second-order valence-electron chi connectivity index (χ2n) is 3.55. The minimum Gasteiger partial charge on any atom is -0.502 e. The van der Waals surface area contributed by atoms with Crippen molar-refractivity contribution in [1.29, 1.82) is 0 Å². The molecule has 0 fully saturated rings. The van der Waals surface area contributed by atoms with Crippen molar-refractivity contribution in [2.45, 2.75) is 18.6 Å². The summed E-state index contributed by atoms with van der Waals surface area (Å²) in [6.07, 6.45) is -5.91. The molecule has 1 atom stereocenters. The van der Waals surface area contributed by atoms with Crippen LogP contribution in [0.2, 0.25) is 0 Å². The number of alkyl halides is 3. The number of aromatic hydroxyl groups is 1. The number of phenolic OH excluding ortho intramolecular Hbond substituents is 1. The monoisotopic (exact) mass is 328 g/mol. The molecule has 0 unspecified atom stereocenters. The van der Waals surface area contributed by atoms with E-state index in [1.54, 1.807) is 0 Å². The molecule has 0 saturated carbocycles. The molecule has 0 bridgehead atoms. The van der Waals surface area contributed by atoms with Crippen molar-refractivity contribution in [3.05, 3.63) is 32.3 Å². The molecule has 0 heterocycles. The summed E-state index contributed by atoms with van der Waals surface area (Å²) in [6.45, 7) is 0. The molecular weight excluding hydrogens is 321 g/mol. The van der Waals surface area contributed by atoms with Crippen LogP contribution in [0.1, 0.15) is 18.0 Å². The molecule has 5 nitrogen and oxygen atoms in total.